The van der Waals surface area contributed by atoms with Gasteiger partial charge in [0.25, 0.3) is 0 Å². The third-order valence-corrected chi connectivity index (χ3v) is 4.04. The lowest BCUT2D eigenvalue weighted by molar-refractivity contribution is -0.118. The zero-order valence-electron chi connectivity index (χ0n) is 10.9. The first kappa shape index (κ1) is 14.9. The standard InChI is InChI=1S/C15H15ClN2OS/c16-14-4-2-1-3-13(14)10-20-11-15(19)18-9-12-5-7-17-8-6-12/h1-8H,9-11H2,(H,18,19). The van der Waals surface area contributed by atoms with Crippen molar-refractivity contribution in [1.82, 2.24) is 10.3 Å². The van der Waals surface area contributed by atoms with E-state index in [2.05, 4.69) is 10.3 Å². The molecule has 0 aliphatic carbocycles. The van der Waals surface area contributed by atoms with E-state index in [0.717, 1.165) is 21.9 Å². The lowest BCUT2D eigenvalue weighted by Gasteiger charge is -2.06. The average molecular weight is 307 g/mol. The molecule has 1 aromatic heterocycles. The molecule has 3 nitrogen and oxygen atoms in total. The molecule has 20 heavy (non-hydrogen) atoms. The van der Waals surface area contributed by atoms with Crippen molar-refractivity contribution in [3.8, 4) is 0 Å². The van der Waals surface area contributed by atoms with Gasteiger partial charge in [-0.05, 0) is 29.3 Å². The lowest BCUT2D eigenvalue weighted by atomic mass is 10.2. The van der Waals surface area contributed by atoms with Gasteiger partial charge >= 0.3 is 0 Å². The molecule has 0 saturated heterocycles. The van der Waals surface area contributed by atoms with Crippen LogP contribution in [0.15, 0.2) is 48.8 Å². The minimum absolute atomic E-state index is 0.0267. The number of thioether (sulfide) groups is 1. The van der Waals surface area contributed by atoms with E-state index in [1.807, 2.05) is 36.4 Å². The summed E-state index contributed by atoms with van der Waals surface area (Å²) in [5, 5.41) is 3.63. The number of pyridine rings is 1. The van der Waals surface area contributed by atoms with Crippen molar-refractivity contribution < 1.29 is 4.79 Å². The van der Waals surface area contributed by atoms with Gasteiger partial charge in [0.2, 0.25) is 5.91 Å². The molecule has 0 aliphatic rings. The highest BCUT2D eigenvalue weighted by Crippen LogP contribution is 2.20. The molecule has 1 heterocycles. The highest BCUT2D eigenvalue weighted by molar-refractivity contribution is 7.99. The van der Waals surface area contributed by atoms with Crippen LogP contribution in [-0.4, -0.2) is 16.6 Å². The van der Waals surface area contributed by atoms with Crippen molar-refractivity contribution in [2.24, 2.45) is 0 Å². The molecule has 2 aromatic rings. The highest BCUT2D eigenvalue weighted by Gasteiger charge is 2.04. The van der Waals surface area contributed by atoms with Crippen molar-refractivity contribution in [1.29, 1.82) is 0 Å². The summed E-state index contributed by atoms with van der Waals surface area (Å²) >= 11 is 7.62. The third-order valence-electron chi connectivity index (χ3n) is 2.69. The zero-order chi connectivity index (χ0) is 14.2. The average Bonchev–Trinajstić information content (AvgIpc) is 2.48. The van der Waals surface area contributed by atoms with Crippen molar-refractivity contribution >= 4 is 29.3 Å². The van der Waals surface area contributed by atoms with Crippen LogP contribution in [0.3, 0.4) is 0 Å². The molecule has 0 bridgehead atoms. The maximum atomic E-state index is 11.7. The third kappa shape index (κ3) is 4.87. The second-order valence-corrected chi connectivity index (χ2v) is 5.61. The molecule has 1 N–H and O–H groups in total. The van der Waals surface area contributed by atoms with E-state index in [1.54, 1.807) is 24.2 Å². The Morgan fingerprint density at radius 3 is 2.70 bits per heavy atom. The fraction of sp³-hybridized carbons (Fsp3) is 0.200. The van der Waals surface area contributed by atoms with Crippen LogP contribution >= 0.6 is 23.4 Å². The summed E-state index contributed by atoms with van der Waals surface area (Å²) < 4.78 is 0. The minimum atomic E-state index is 0.0267. The number of aromatic nitrogens is 1. The zero-order valence-corrected chi connectivity index (χ0v) is 12.5. The second-order valence-electron chi connectivity index (χ2n) is 4.22. The number of benzene rings is 1. The molecule has 2 rings (SSSR count). The van der Waals surface area contributed by atoms with Crippen molar-refractivity contribution in [3.05, 3.63) is 64.9 Å². The molecule has 0 spiro atoms. The van der Waals surface area contributed by atoms with Gasteiger partial charge < -0.3 is 5.32 Å². The van der Waals surface area contributed by atoms with Gasteiger partial charge in [-0.3, -0.25) is 9.78 Å². The Labute approximate surface area is 127 Å². The summed E-state index contributed by atoms with van der Waals surface area (Å²) in [6.07, 6.45) is 3.43. The van der Waals surface area contributed by atoms with Crippen LogP contribution in [0.5, 0.6) is 0 Å². The van der Waals surface area contributed by atoms with Crippen LogP contribution < -0.4 is 5.32 Å². The molecule has 5 heteroatoms. The maximum absolute atomic E-state index is 11.7. The molecule has 104 valence electrons. The van der Waals surface area contributed by atoms with Crippen LogP contribution in [-0.2, 0) is 17.1 Å². The topological polar surface area (TPSA) is 42.0 Å². The lowest BCUT2D eigenvalue weighted by Crippen LogP contribution is -2.24. The van der Waals surface area contributed by atoms with E-state index in [-0.39, 0.29) is 5.91 Å². The van der Waals surface area contributed by atoms with Gasteiger partial charge in [0.1, 0.15) is 0 Å². The number of rotatable bonds is 6. The fourth-order valence-electron chi connectivity index (χ4n) is 1.62. The van der Waals surface area contributed by atoms with Crippen LogP contribution in [0.25, 0.3) is 0 Å². The first-order valence-corrected chi connectivity index (χ1v) is 7.76. The first-order valence-electron chi connectivity index (χ1n) is 6.22. The van der Waals surface area contributed by atoms with Crippen molar-refractivity contribution in [2.45, 2.75) is 12.3 Å². The van der Waals surface area contributed by atoms with Crippen LogP contribution in [0.2, 0.25) is 5.02 Å². The molecule has 0 unspecified atom stereocenters. The normalized spacial score (nSPS) is 10.2. The van der Waals surface area contributed by atoms with E-state index in [0.29, 0.717) is 12.3 Å². The van der Waals surface area contributed by atoms with Gasteiger partial charge in [-0.25, -0.2) is 0 Å². The monoisotopic (exact) mass is 306 g/mol. The number of hydrogen-bond acceptors (Lipinski definition) is 3. The summed E-state index contributed by atoms with van der Waals surface area (Å²) in [7, 11) is 0. The van der Waals surface area contributed by atoms with Gasteiger partial charge in [-0.1, -0.05) is 29.8 Å². The number of nitrogens with one attached hydrogen (secondary N) is 1. The Bertz CT molecular complexity index is 563. The predicted molar refractivity (Wildman–Crippen MR) is 83.7 cm³/mol. The van der Waals surface area contributed by atoms with Crippen molar-refractivity contribution in [3.63, 3.8) is 0 Å². The van der Waals surface area contributed by atoms with Crippen LogP contribution in [0.1, 0.15) is 11.1 Å². The molecular formula is C15H15ClN2OS. The number of carbonyl (C=O) groups is 1. The van der Waals surface area contributed by atoms with Gasteiger partial charge in [-0.15, -0.1) is 11.8 Å². The predicted octanol–water partition coefficient (Wildman–Crippen LogP) is 3.28. The van der Waals surface area contributed by atoms with E-state index < -0.39 is 0 Å². The van der Waals surface area contributed by atoms with Crippen molar-refractivity contribution in [2.75, 3.05) is 5.75 Å². The molecule has 0 aliphatic heterocycles. The second kappa shape index (κ2) is 7.92. The Morgan fingerprint density at radius 2 is 1.95 bits per heavy atom. The number of carbonyl (C=O) groups excluding carboxylic acids is 1. The molecule has 0 atom stereocenters. The molecule has 0 radical (unpaired) electrons. The van der Waals surface area contributed by atoms with E-state index >= 15 is 0 Å². The minimum Gasteiger partial charge on any atom is -0.351 e. The Hall–Kier alpha value is -1.52. The van der Waals surface area contributed by atoms with Gasteiger partial charge in [-0.2, -0.15) is 0 Å². The molecule has 1 aromatic carbocycles. The molecule has 1 amide bonds. The quantitative estimate of drug-likeness (QED) is 0.890. The van der Waals surface area contributed by atoms with E-state index in [9.17, 15) is 4.79 Å². The summed E-state index contributed by atoms with van der Waals surface area (Å²) in [6, 6.07) is 11.5. The molecular weight excluding hydrogens is 292 g/mol. The summed E-state index contributed by atoms with van der Waals surface area (Å²) in [4.78, 5) is 15.6. The van der Waals surface area contributed by atoms with Gasteiger partial charge in [0.15, 0.2) is 0 Å². The summed E-state index contributed by atoms with van der Waals surface area (Å²) in [5.74, 6) is 1.19. The molecule has 0 fully saturated rings. The van der Waals surface area contributed by atoms with Crippen LogP contribution in [0.4, 0.5) is 0 Å². The highest BCUT2D eigenvalue weighted by atomic mass is 35.5. The Kier molecular flexibility index (Phi) is 5.89. The first-order chi connectivity index (χ1) is 9.75. The van der Waals surface area contributed by atoms with E-state index in [1.165, 1.54) is 0 Å². The fourth-order valence-corrected chi connectivity index (χ4v) is 2.76. The Balaban J connectivity index is 1.69. The summed E-state index contributed by atoms with van der Waals surface area (Å²) in [5.41, 5.74) is 2.10. The Morgan fingerprint density at radius 1 is 1.20 bits per heavy atom. The number of amides is 1. The maximum Gasteiger partial charge on any atom is 0.230 e. The SMILES string of the molecule is O=C(CSCc1ccccc1Cl)NCc1ccncc1. The largest absolute Gasteiger partial charge is 0.351 e. The number of halogens is 1. The van der Waals surface area contributed by atoms with E-state index in [4.69, 9.17) is 11.6 Å². The van der Waals surface area contributed by atoms with Gasteiger partial charge in [0, 0.05) is 29.7 Å². The van der Waals surface area contributed by atoms with Gasteiger partial charge in [0.05, 0.1) is 5.75 Å². The number of hydrogen-bond donors (Lipinski definition) is 1. The molecule has 0 saturated carbocycles. The summed E-state index contributed by atoms with van der Waals surface area (Å²) in [6.45, 7) is 0.536. The number of nitrogens with zero attached hydrogens (tertiary/aromatic N) is 1. The smallest absolute Gasteiger partial charge is 0.230 e. The van der Waals surface area contributed by atoms with Crippen LogP contribution in [0, 0.1) is 0 Å².